The summed E-state index contributed by atoms with van der Waals surface area (Å²) in [4.78, 5) is 63.8. The van der Waals surface area contributed by atoms with Crippen molar-refractivity contribution in [3.8, 4) is 5.75 Å². The number of carbonyl (C=O) groups is 3. The summed E-state index contributed by atoms with van der Waals surface area (Å²) in [5, 5.41) is 10.2. The molecule has 0 bridgehead atoms. The minimum atomic E-state index is -3.90. The summed E-state index contributed by atoms with van der Waals surface area (Å²) in [7, 11) is -2.36. The van der Waals surface area contributed by atoms with E-state index >= 15 is 0 Å². The van der Waals surface area contributed by atoms with E-state index in [0.717, 1.165) is 5.56 Å². The van der Waals surface area contributed by atoms with Gasteiger partial charge in [0.2, 0.25) is 11.8 Å². The third kappa shape index (κ3) is 8.87. The predicted octanol–water partition coefficient (Wildman–Crippen LogP) is 2.35. The van der Waals surface area contributed by atoms with Gasteiger partial charge in [-0.15, -0.1) is 0 Å². The van der Waals surface area contributed by atoms with Gasteiger partial charge in [0.05, 0.1) is 12.8 Å². The monoisotopic (exact) mass is 597 g/mol. The molecule has 1 aliphatic rings. The van der Waals surface area contributed by atoms with Gasteiger partial charge in [0, 0.05) is 31.2 Å². The number of nitrogens with zero attached hydrogens (tertiary/aromatic N) is 2. The van der Waals surface area contributed by atoms with Gasteiger partial charge in [0.1, 0.15) is 17.8 Å². The van der Waals surface area contributed by atoms with E-state index in [1.165, 1.54) is 4.90 Å². The number of benzene rings is 2. The van der Waals surface area contributed by atoms with Gasteiger partial charge in [0.15, 0.2) is 0 Å². The Hall–Kier alpha value is -3.25. The molecule has 4 N–H and O–H groups in total. The first-order chi connectivity index (χ1) is 19.9. The van der Waals surface area contributed by atoms with Gasteiger partial charge in [0.25, 0.3) is 5.91 Å². The molecule has 1 heterocycles. The molecule has 3 amide bonds. The van der Waals surface area contributed by atoms with Crippen LogP contribution in [0.5, 0.6) is 5.75 Å². The van der Waals surface area contributed by atoms with Crippen molar-refractivity contribution in [2.75, 3.05) is 20.2 Å². The quantitative estimate of drug-likeness (QED) is 0.195. The van der Waals surface area contributed by atoms with Crippen LogP contribution in [0.2, 0.25) is 6.04 Å². The maximum atomic E-state index is 13.7. The van der Waals surface area contributed by atoms with Crippen molar-refractivity contribution >= 4 is 26.3 Å². The summed E-state index contributed by atoms with van der Waals surface area (Å²) in [5.74, 6) is -0.970. The Morgan fingerprint density at radius 3 is 2.26 bits per heavy atom. The number of rotatable bonds is 14. The van der Waals surface area contributed by atoms with Crippen LogP contribution in [0.1, 0.15) is 56.5 Å². The van der Waals surface area contributed by atoms with Crippen molar-refractivity contribution in [3.05, 3.63) is 65.7 Å². The molecule has 0 spiro atoms. The standard InChI is InChI=1S/C31H45N4O6Si/c1-21(2)27(33-28(36)24-13-15-25(41-5)16-14-24)31(38)35-18-9-12-26(35)29(37)34-30(22(3)4)42(39,40)19-17-32-20-23-10-7-6-8-11-23/h6-8,10-11,13-16,21-22,26-27,30,39-40H,9,12,17-20H2,1-5H3,(H,33,36)(H,34,37)/t26-,27-,30+/m0/s1. The lowest BCUT2D eigenvalue weighted by atomic mass is 10.0. The van der Waals surface area contributed by atoms with E-state index < -0.39 is 38.1 Å². The van der Waals surface area contributed by atoms with Crippen molar-refractivity contribution in [2.45, 2.75) is 70.9 Å². The van der Waals surface area contributed by atoms with Crippen LogP contribution >= 0.6 is 0 Å². The largest absolute Gasteiger partial charge is 0.497 e. The topological polar surface area (TPSA) is 142 Å². The number of ether oxygens (including phenoxy) is 1. The molecule has 10 nitrogen and oxygen atoms in total. The predicted molar refractivity (Wildman–Crippen MR) is 163 cm³/mol. The molecular formula is C31H45N4O6Si. The molecule has 229 valence electrons. The number of likely N-dealkylation sites (tertiary alicyclic amines) is 1. The summed E-state index contributed by atoms with van der Waals surface area (Å²) in [6, 6.07) is 14.8. The molecule has 1 aliphatic heterocycles. The highest BCUT2D eigenvalue weighted by atomic mass is 28.4. The van der Waals surface area contributed by atoms with Gasteiger partial charge in [-0.3, -0.25) is 14.4 Å². The third-order valence-electron chi connectivity index (χ3n) is 7.65. The number of hydrogen-bond acceptors (Lipinski definition) is 6. The lowest BCUT2D eigenvalue weighted by Gasteiger charge is -2.35. The molecule has 11 heteroatoms. The molecule has 3 atom stereocenters. The molecule has 0 aliphatic carbocycles. The van der Waals surface area contributed by atoms with E-state index in [4.69, 9.17) is 4.74 Å². The fourth-order valence-corrected chi connectivity index (χ4v) is 7.46. The third-order valence-corrected chi connectivity index (χ3v) is 10.4. The number of amides is 3. The van der Waals surface area contributed by atoms with Gasteiger partial charge in [-0.25, -0.2) is 5.32 Å². The van der Waals surface area contributed by atoms with Crippen LogP contribution in [0.3, 0.4) is 0 Å². The first-order valence-corrected chi connectivity index (χ1v) is 16.8. The van der Waals surface area contributed by atoms with Crippen molar-refractivity contribution in [3.63, 3.8) is 0 Å². The van der Waals surface area contributed by atoms with E-state index in [1.54, 1.807) is 31.4 Å². The van der Waals surface area contributed by atoms with Gasteiger partial charge in [-0.05, 0) is 54.5 Å². The summed E-state index contributed by atoms with van der Waals surface area (Å²) in [5.41, 5.74) is 0.609. The lowest BCUT2D eigenvalue weighted by molar-refractivity contribution is -0.140. The van der Waals surface area contributed by atoms with Crippen LogP contribution in [0.15, 0.2) is 54.6 Å². The minimum Gasteiger partial charge on any atom is -0.497 e. The maximum absolute atomic E-state index is 13.7. The van der Waals surface area contributed by atoms with Gasteiger partial charge >= 0.3 is 8.56 Å². The Balaban J connectivity index is 1.63. The molecule has 42 heavy (non-hydrogen) atoms. The number of carbonyl (C=O) groups excluding carboxylic acids is 3. The second-order valence-electron chi connectivity index (χ2n) is 11.6. The van der Waals surface area contributed by atoms with Crippen LogP contribution in [0.25, 0.3) is 0 Å². The van der Waals surface area contributed by atoms with Crippen molar-refractivity contribution in [1.82, 2.24) is 20.9 Å². The lowest BCUT2D eigenvalue weighted by Crippen LogP contribution is -2.63. The van der Waals surface area contributed by atoms with E-state index in [-0.39, 0.29) is 30.3 Å². The van der Waals surface area contributed by atoms with Crippen molar-refractivity contribution in [1.29, 1.82) is 0 Å². The fourth-order valence-electron chi connectivity index (χ4n) is 5.22. The summed E-state index contributed by atoms with van der Waals surface area (Å²) in [6.45, 7) is 8.49. The van der Waals surface area contributed by atoms with Crippen LogP contribution < -0.4 is 20.7 Å². The normalized spacial score (nSPS) is 16.8. The smallest absolute Gasteiger partial charge is 0.357 e. The number of hydrogen-bond donors (Lipinski definition) is 4. The maximum Gasteiger partial charge on any atom is 0.357 e. The Kier molecular flexibility index (Phi) is 12.1. The summed E-state index contributed by atoms with van der Waals surface area (Å²) in [6.07, 6.45) is 1.09. The summed E-state index contributed by atoms with van der Waals surface area (Å²) < 4.78 is 5.15. The molecule has 1 radical (unpaired) electrons. The van der Waals surface area contributed by atoms with Gasteiger partial charge < -0.3 is 29.9 Å². The first kappa shape index (κ1) is 33.3. The second kappa shape index (κ2) is 15.3. The minimum absolute atomic E-state index is 0.0864. The molecule has 0 saturated carbocycles. The SMILES string of the molecule is COc1ccc(C(=O)N[C@H](C(=O)N2CCC[C@H]2C(=O)N[C@@H](C(C)C)[Si](O)(O)CC[N]Cc2ccccc2)C(C)C)cc1. The highest BCUT2D eigenvalue weighted by molar-refractivity contribution is 6.66. The molecule has 0 unspecified atom stereocenters. The van der Waals surface area contributed by atoms with Crippen LogP contribution in [-0.2, 0) is 16.1 Å². The molecule has 2 aromatic carbocycles. The zero-order valence-electron chi connectivity index (χ0n) is 25.2. The van der Waals surface area contributed by atoms with Gasteiger partial charge in [-0.2, -0.15) is 0 Å². The first-order valence-electron chi connectivity index (χ1n) is 14.6. The number of nitrogens with one attached hydrogen (secondary N) is 2. The van der Waals surface area contributed by atoms with Crippen molar-refractivity contribution < 1.29 is 28.7 Å². The summed E-state index contributed by atoms with van der Waals surface area (Å²) >= 11 is 0. The Morgan fingerprint density at radius 1 is 1.00 bits per heavy atom. The van der Waals surface area contributed by atoms with Gasteiger partial charge in [-0.1, -0.05) is 58.0 Å². The highest BCUT2D eigenvalue weighted by Crippen LogP contribution is 2.23. The Labute approximate surface area is 250 Å². The Bertz CT molecular complexity index is 1180. The average Bonchev–Trinajstić information content (AvgIpc) is 3.47. The van der Waals surface area contributed by atoms with Crippen LogP contribution in [0.4, 0.5) is 0 Å². The van der Waals surface area contributed by atoms with Crippen LogP contribution in [-0.4, -0.2) is 78.7 Å². The zero-order chi connectivity index (χ0) is 30.9. The molecular weight excluding hydrogens is 552 g/mol. The Morgan fingerprint density at radius 2 is 1.67 bits per heavy atom. The van der Waals surface area contributed by atoms with E-state index in [2.05, 4.69) is 16.0 Å². The molecule has 2 aromatic rings. The van der Waals surface area contributed by atoms with E-state index in [1.807, 2.05) is 58.0 Å². The molecule has 1 saturated heterocycles. The second-order valence-corrected chi connectivity index (χ2v) is 14.4. The van der Waals surface area contributed by atoms with E-state index in [0.29, 0.717) is 37.2 Å². The zero-order valence-corrected chi connectivity index (χ0v) is 26.2. The average molecular weight is 598 g/mol. The fraction of sp³-hybridized carbons (Fsp3) is 0.516. The molecule has 1 fully saturated rings. The van der Waals surface area contributed by atoms with Crippen LogP contribution in [0, 0.1) is 11.8 Å². The molecule has 0 aromatic heterocycles. The number of methoxy groups -OCH3 is 1. The van der Waals surface area contributed by atoms with Crippen molar-refractivity contribution in [2.24, 2.45) is 11.8 Å². The highest BCUT2D eigenvalue weighted by Gasteiger charge is 2.45. The molecule has 3 rings (SSSR count). The van der Waals surface area contributed by atoms with E-state index in [9.17, 15) is 24.0 Å².